The molecule has 0 fully saturated rings. The van der Waals surface area contributed by atoms with Crippen LogP contribution in [0.2, 0.25) is 0 Å². The molecule has 12 aromatic rings. The van der Waals surface area contributed by atoms with Crippen LogP contribution < -0.4 is 9.80 Å². The van der Waals surface area contributed by atoms with Gasteiger partial charge in [0.15, 0.2) is 0 Å². The summed E-state index contributed by atoms with van der Waals surface area (Å²) in [5, 5.41) is 15.6. The Hall–Kier alpha value is -7.68. The summed E-state index contributed by atoms with van der Waals surface area (Å²) < 4.78 is 0. The summed E-state index contributed by atoms with van der Waals surface area (Å²) in [6, 6.07) is 72.6. The monoisotopic (exact) mass is 792 g/mol. The summed E-state index contributed by atoms with van der Waals surface area (Å²) in [7, 11) is 0. The fourth-order valence-corrected chi connectivity index (χ4v) is 10.1. The molecule has 0 amide bonds. The normalized spacial score (nSPS) is 11.9. The maximum Gasteiger partial charge on any atom is 0.0474 e. The molecule has 12 aromatic carbocycles. The van der Waals surface area contributed by atoms with Crippen molar-refractivity contribution in [3.05, 3.63) is 216 Å². The highest BCUT2D eigenvalue weighted by atomic mass is 15.1. The van der Waals surface area contributed by atoms with E-state index in [-0.39, 0.29) is 0 Å². The van der Waals surface area contributed by atoms with Crippen LogP contribution in [0.1, 0.15) is 22.3 Å². The van der Waals surface area contributed by atoms with Crippen LogP contribution >= 0.6 is 0 Å². The summed E-state index contributed by atoms with van der Waals surface area (Å²) in [5.41, 5.74) is 14.3. The van der Waals surface area contributed by atoms with Crippen molar-refractivity contribution in [1.82, 2.24) is 0 Å². The van der Waals surface area contributed by atoms with E-state index in [0.29, 0.717) is 0 Å². The maximum absolute atomic E-state index is 2.48. The first-order valence-corrected chi connectivity index (χ1v) is 21.7. The Morgan fingerprint density at radius 2 is 0.710 bits per heavy atom. The molecule has 12 rings (SSSR count). The molecule has 294 valence electrons. The standard InChI is InChI=1S/C60H44N2/c1-37-13-22-44(23-14-37)61(45-24-15-38(2)16-25-45)48-30-32-52-53(35-48)51-12-8-11-42-34-54-55-36-49(62(46-26-17-39(3)18-27-46)47-28-19-40(4)20-29-47)33-43-21-31-50(41-9-6-5-7-10-41)58(57(43)55)60(54)59(52)56(42)51/h5-36H,1-4H3. The lowest BCUT2D eigenvalue weighted by Crippen LogP contribution is -2.10. The zero-order chi connectivity index (χ0) is 41.6. The van der Waals surface area contributed by atoms with E-state index in [1.807, 2.05) is 0 Å². The van der Waals surface area contributed by atoms with Crippen molar-refractivity contribution >= 4 is 98.8 Å². The van der Waals surface area contributed by atoms with Crippen molar-refractivity contribution in [2.75, 3.05) is 9.80 Å². The second kappa shape index (κ2) is 13.9. The Bertz CT molecular complexity index is 3530. The fraction of sp³-hybridized carbons (Fsp3) is 0.0667. The molecule has 0 saturated carbocycles. The average molecular weight is 793 g/mol. The van der Waals surface area contributed by atoms with E-state index in [2.05, 4.69) is 232 Å². The molecule has 62 heavy (non-hydrogen) atoms. The van der Waals surface area contributed by atoms with Crippen molar-refractivity contribution in [2.24, 2.45) is 0 Å². The molecule has 0 spiro atoms. The topological polar surface area (TPSA) is 6.48 Å². The van der Waals surface area contributed by atoms with Gasteiger partial charge in [-0.3, -0.25) is 0 Å². The minimum Gasteiger partial charge on any atom is -0.310 e. The first kappa shape index (κ1) is 36.2. The molecule has 0 aromatic heterocycles. The Morgan fingerprint density at radius 1 is 0.258 bits per heavy atom. The van der Waals surface area contributed by atoms with Gasteiger partial charge in [-0.05, 0) is 182 Å². The van der Waals surface area contributed by atoms with Crippen molar-refractivity contribution in [1.29, 1.82) is 0 Å². The van der Waals surface area contributed by atoms with Gasteiger partial charge in [0.2, 0.25) is 0 Å². The van der Waals surface area contributed by atoms with Crippen molar-refractivity contribution < 1.29 is 0 Å². The van der Waals surface area contributed by atoms with E-state index in [1.165, 1.54) is 98.0 Å². The first-order chi connectivity index (χ1) is 30.4. The molecule has 0 aliphatic rings. The maximum atomic E-state index is 2.48. The number of anilines is 6. The molecular formula is C60H44N2. The minimum absolute atomic E-state index is 1.14. The molecule has 0 heterocycles. The third-order valence-corrected chi connectivity index (χ3v) is 13.1. The second-order valence-electron chi connectivity index (χ2n) is 17.3. The number of hydrogen-bond acceptors (Lipinski definition) is 2. The third-order valence-electron chi connectivity index (χ3n) is 13.1. The van der Waals surface area contributed by atoms with Gasteiger partial charge in [0.25, 0.3) is 0 Å². The van der Waals surface area contributed by atoms with Gasteiger partial charge in [-0.15, -0.1) is 0 Å². The van der Waals surface area contributed by atoms with Gasteiger partial charge in [0, 0.05) is 34.1 Å². The van der Waals surface area contributed by atoms with Crippen LogP contribution in [0.3, 0.4) is 0 Å². The highest BCUT2D eigenvalue weighted by Gasteiger charge is 2.25. The molecular weight excluding hydrogens is 749 g/mol. The predicted molar refractivity (Wildman–Crippen MR) is 268 cm³/mol. The van der Waals surface area contributed by atoms with Gasteiger partial charge in [0.05, 0.1) is 0 Å². The highest BCUT2D eigenvalue weighted by molar-refractivity contribution is 6.46. The molecule has 0 N–H and O–H groups in total. The largest absolute Gasteiger partial charge is 0.310 e. The zero-order valence-corrected chi connectivity index (χ0v) is 35.4. The average Bonchev–Trinajstić information content (AvgIpc) is 3.81. The lowest BCUT2D eigenvalue weighted by molar-refractivity contribution is 1.27. The summed E-state index contributed by atoms with van der Waals surface area (Å²) in [6.07, 6.45) is 0. The summed E-state index contributed by atoms with van der Waals surface area (Å²) in [4.78, 5) is 4.81. The number of fused-ring (bicyclic) bond motifs is 7. The minimum atomic E-state index is 1.14. The number of rotatable bonds is 7. The molecule has 0 bridgehead atoms. The van der Waals surface area contributed by atoms with E-state index >= 15 is 0 Å². The van der Waals surface area contributed by atoms with Gasteiger partial charge < -0.3 is 9.80 Å². The van der Waals surface area contributed by atoms with Gasteiger partial charge in [-0.1, -0.05) is 138 Å². The number of benzene rings is 10. The second-order valence-corrected chi connectivity index (χ2v) is 17.3. The van der Waals surface area contributed by atoms with Gasteiger partial charge in [0.1, 0.15) is 0 Å². The highest BCUT2D eigenvalue weighted by Crippen LogP contribution is 2.53. The van der Waals surface area contributed by atoms with Crippen LogP contribution in [0.5, 0.6) is 0 Å². The third kappa shape index (κ3) is 5.64. The summed E-state index contributed by atoms with van der Waals surface area (Å²) in [6.45, 7) is 8.61. The molecule has 0 aliphatic carbocycles. The molecule has 0 saturated heterocycles. The lowest BCUT2D eigenvalue weighted by Gasteiger charge is -2.26. The van der Waals surface area contributed by atoms with Crippen LogP contribution in [-0.2, 0) is 0 Å². The fourth-order valence-electron chi connectivity index (χ4n) is 10.1. The molecule has 0 atom stereocenters. The van der Waals surface area contributed by atoms with Crippen molar-refractivity contribution in [3.8, 4) is 11.1 Å². The van der Waals surface area contributed by atoms with Crippen LogP contribution in [0, 0.1) is 27.7 Å². The Morgan fingerprint density at radius 3 is 1.29 bits per heavy atom. The van der Waals surface area contributed by atoms with Gasteiger partial charge in [-0.2, -0.15) is 0 Å². The molecule has 0 radical (unpaired) electrons. The molecule has 2 heteroatoms. The van der Waals surface area contributed by atoms with Gasteiger partial charge >= 0.3 is 0 Å². The molecule has 0 unspecified atom stereocenters. The first-order valence-electron chi connectivity index (χ1n) is 21.7. The van der Waals surface area contributed by atoms with Crippen LogP contribution in [0.4, 0.5) is 34.1 Å². The number of aryl methyl sites for hydroxylation is 4. The number of hydrogen-bond donors (Lipinski definition) is 0. The zero-order valence-electron chi connectivity index (χ0n) is 35.4. The van der Waals surface area contributed by atoms with E-state index in [4.69, 9.17) is 0 Å². The Balaban J connectivity index is 1.18. The SMILES string of the molecule is Cc1ccc(N(c2ccc(C)cc2)c2ccc3c(c2)c2cccc4cc5c6cc(N(c7ccc(C)cc7)c7ccc(C)cc7)cc7ccc(-c8ccccc8)c(c76)c5c3c42)cc1. The lowest BCUT2D eigenvalue weighted by atomic mass is 9.94. The predicted octanol–water partition coefficient (Wildman–Crippen LogP) is 17.3. The smallest absolute Gasteiger partial charge is 0.0474 e. The molecule has 2 nitrogen and oxygen atoms in total. The van der Waals surface area contributed by atoms with Crippen molar-refractivity contribution in [3.63, 3.8) is 0 Å². The summed E-state index contributed by atoms with van der Waals surface area (Å²) >= 11 is 0. The van der Waals surface area contributed by atoms with Gasteiger partial charge in [-0.25, -0.2) is 0 Å². The van der Waals surface area contributed by atoms with Crippen LogP contribution in [0.15, 0.2) is 194 Å². The Kier molecular flexibility index (Phi) is 8.14. The summed E-state index contributed by atoms with van der Waals surface area (Å²) in [5.74, 6) is 0. The van der Waals surface area contributed by atoms with E-state index < -0.39 is 0 Å². The van der Waals surface area contributed by atoms with Crippen molar-refractivity contribution in [2.45, 2.75) is 27.7 Å². The van der Waals surface area contributed by atoms with E-state index in [9.17, 15) is 0 Å². The Labute approximate surface area is 362 Å². The van der Waals surface area contributed by atoms with E-state index in [1.54, 1.807) is 0 Å². The van der Waals surface area contributed by atoms with Crippen LogP contribution in [-0.4, -0.2) is 0 Å². The number of nitrogens with zero attached hydrogens (tertiary/aromatic N) is 2. The van der Waals surface area contributed by atoms with E-state index in [0.717, 1.165) is 34.1 Å². The quantitative estimate of drug-likeness (QED) is 0.159. The van der Waals surface area contributed by atoms with Crippen LogP contribution in [0.25, 0.3) is 75.8 Å². The molecule has 0 aliphatic heterocycles.